The topological polar surface area (TPSA) is 0 Å². The molecule has 26 aliphatic rings. The van der Waals surface area contributed by atoms with Crippen molar-refractivity contribution in [1.29, 1.82) is 0 Å². The molecule has 26 fully saturated rings. The summed E-state index contributed by atoms with van der Waals surface area (Å²) in [5.41, 5.74) is 6.17. The van der Waals surface area contributed by atoms with Crippen LogP contribution in [0.4, 0.5) is 0 Å². The summed E-state index contributed by atoms with van der Waals surface area (Å²) in [4.78, 5) is 0. The van der Waals surface area contributed by atoms with Crippen molar-refractivity contribution in [2.45, 2.75) is 463 Å². The van der Waals surface area contributed by atoms with E-state index in [9.17, 15) is 0 Å². The normalized spacial score (nSPS) is 45.9. The predicted octanol–water partition coefficient (Wildman–Crippen LogP) is 32.1. The largest absolute Gasteiger partial charge is 0.0649 e. The fourth-order valence-corrected chi connectivity index (χ4v) is 30.7. The molecule has 0 N–H and O–H groups in total. The monoisotopic (exact) mass is 1380 g/mol. The van der Waals surface area contributed by atoms with Gasteiger partial charge in [-0.15, -0.1) is 0 Å². The Kier molecular flexibility index (Phi) is 27.1. The minimum atomic E-state index is 0.647. The molecular weight excluding hydrogens is 1200 g/mol. The summed E-state index contributed by atoms with van der Waals surface area (Å²) >= 11 is 0. The van der Waals surface area contributed by atoms with E-state index in [-0.39, 0.29) is 0 Å². The standard InChI is InChI=1S/C14H26.C12H20.C12H22.C11H18.2C11H20.2C10H18.C9H16/c1-12-4-6-14(7-5-12)10-8-13(2,3)9-11-14;1-2-12-6-9-3-10(7-12)5-11(4-9)8-12;1-11-5-9-12(10-6-11)7-3-2-4-8-12;1-11-5-8-2-9(6-11)4-10(3-8)7-11;1-8-9-4-6-10(7-5-9)11(8,2)3;1-10-4-8-11(9-5-10)6-2-3-7-11;1-8-7-9-3-5-10(8,2)6-4-9;1-7-8(2)10-5-3-9(7)4-6-10;1-7-6-8-2-4-9(7)5-3-8/h12H,4-11H2,1-3H3;9-11H,2-8H2,1H3;11H,2-10H2,1H3;8-10H,2-7H2,1H3;8-10H,4-7H2,1-3H3;10H,2-9H2,1H3;8-9H,3-7H2,1-2H3;7-10H,3-6H2,1-2H3;7-9H,2-6H2,1H3/t;;;;8-,9?,10?;;8-,9?,10?;7-,8?,9?,10?;7-,8?,9?/m....1.000/s1. The smallest absolute Gasteiger partial charge is 0.0292 e. The van der Waals surface area contributed by atoms with Gasteiger partial charge in [0.05, 0.1) is 0 Å². The zero-order valence-corrected chi connectivity index (χ0v) is 70.7. The van der Waals surface area contributed by atoms with Crippen LogP contribution in [-0.4, -0.2) is 0 Å². The van der Waals surface area contributed by atoms with Crippen molar-refractivity contribution in [3.05, 3.63) is 0 Å². The Hall–Kier alpha value is 0. The van der Waals surface area contributed by atoms with Crippen LogP contribution in [-0.2, 0) is 0 Å². The number of fused-ring (bicyclic) bond motifs is 12. The number of hydrogen-bond acceptors (Lipinski definition) is 0. The molecule has 0 aromatic heterocycles. The summed E-state index contributed by atoms with van der Waals surface area (Å²) in [7, 11) is 0. The average Bonchev–Trinajstić information content (AvgIpc) is 0.798. The van der Waals surface area contributed by atoms with E-state index in [0.29, 0.717) is 10.8 Å². The molecule has 26 aliphatic carbocycles. The fraction of sp³-hybridized carbons (Fsp3) is 1.00. The van der Waals surface area contributed by atoms with E-state index in [4.69, 9.17) is 0 Å². The van der Waals surface area contributed by atoms with E-state index >= 15 is 0 Å². The molecule has 578 valence electrons. The summed E-state index contributed by atoms with van der Waals surface area (Å²) in [6, 6.07) is 0. The Morgan fingerprint density at radius 3 is 0.910 bits per heavy atom. The lowest BCUT2D eigenvalue weighted by molar-refractivity contribution is -0.0545. The van der Waals surface area contributed by atoms with Gasteiger partial charge < -0.3 is 0 Å². The molecule has 0 saturated heterocycles. The number of rotatable bonds is 1. The van der Waals surface area contributed by atoms with Gasteiger partial charge in [-0.25, -0.2) is 0 Å². The fourth-order valence-electron chi connectivity index (χ4n) is 30.7. The maximum absolute atomic E-state index is 2.54. The molecule has 0 heteroatoms. The second kappa shape index (κ2) is 34.1. The SMILES string of the molecule is CC12CC3CC(CC(C3)C1)C2.CC1C2CCC(CC2)[C@H]1C.CC1CCC2(CC1)CCC(C)(C)CC2.CC1CCC2(CCCC2)CC1.CC1CCC2(CCCCC2)CC1.CCC12CC3CC(CC(C3)C1)C2.C[C@@H]1C2CCC(CC2)C1(C)C.C[C@H]1CC2CCC1(C)CC2.C[C@H]1CC2CCC1CC2. The molecule has 26 rings (SSSR count). The Morgan fingerprint density at radius 2 is 0.630 bits per heavy atom. The highest BCUT2D eigenvalue weighted by Gasteiger charge is 2.52. The summed E-state index contributed by atoms with van der Waals surface area (Å²) < 4.78 is 0. The van der Waals surface area contributed by atoms with Crippen molar-refractivity contribution < 1.29 is 0 Å². The summed E-state index contributed by atoms with van der Waals surface area (Å²) in [5.74, 6) is 22.7. The molecule has 0 aromatic rings. The van der Waals surface area contributed by atoms with Gasteiger partial charge in [0.25, 0.3) is 0 Å². The van der Waals surface area contributed by atoms with E-state index in [2.05, 4.69) is 104 Å². The van der Waals surface area contributed by atoms with Gasteiger partial charge in [-0.2, -0.15) is 0 Å². The van der Waals surface area contributed by atoms with Gasteiger partial charge in [0.15, 0.2) is 0 Å². The third kappa shape index (κ3) is 20.1. The third-order valence-electron chi connectivity index (χ3n) is 38.9. The molecule has 0 aliphatic heterocycles. The van der Waals surface area contributed by atoms with Gasteiger partial charge >= 0.3 is 0 Å². The first-order valence-electron chi connectivity index (χ1n) is 47.6. The Bertz CT molecular complexity index is 2260. The lowest BCUT2D eigenvalue weighted by Gasteiger charge is -2.56. The van der Waals surface area contributed by atoms with E-state index in [1.165, 1.54) is 199 Å². The first-order chi connectivity index (χ1) is 47.6. The van der Waals surface area contributed by atoms with Crippen LogP contribution in [0.5, 0.6) is 0 Å². The van der Waals surface area contributed by atoms with Crippen LogP contribution in [0.2, 0.25) is 0 Å². The number of hydrogen-bond donors (Lipinski definition) is 0. The van der Waals surface area contributed by atoms with Crippen LogP contribution in [0, 0.1) is 168 Å². The maximum Gasteiger partial charge on any atom is -0.0292 e. The highest BCUT2D eigenvalue weighted by Crippen LogP contribution is 2.63. The van der Waals surface area contributed by atoms with Crippen molar-refractivity contribution >= 4 is 0 Å². The maximum atomic E-state index is 2.54. The van der Waals surface area contributed by atoms with Crippen molar-refractivity contribution in [2.24, 2.45) is 168 Å². The van der Waals surface area contributed by atoms with Gasteiger partial charge in [0, 0.05) is 0 Å². The van der Waals surface area contributed by atoms with Gasteiger partial charge in [0.2, 0.25) is 0 Å². The summed E-state index contributed by atoms with van der Waals surface area (Å²) in [5, 5.41) is 0. The second-order valence-corrected chi connectivity index (χ2v) is 46.8. The van der Waals surface area contributed by atoms with Crippen LogP contribution < -0.4 is 0 Å². The molecule has 5 atom stereocenters. The van der Waals surface area contributed by atoms with Gasteiger partial charge in [0.1, 0.15) is 0 Å². The van der Waals surface area contributed by atoms with E-state index in [0.717, 1.165) is 157 Å². The van der Waals surface area contributed by atoms with E-state index in [1.807, 2.05) is 0 Å². The van der Waals surface area contributed by atoms with Crippen molar-refractivity contribution in [3.8, 4) is 0 Å². The van der Waals surface area contributed by atoms with Crippen LogP contribution >= 0.6 is 0 Å². The molecule has 16 bridgehead atoms. The molecule has 0 nitrogen and oxygen atoms in total. The van der Waals surface area contributed by atoms with Crippen LogP contribution in [0.3, 0.4) is 0 Å². The predicted molar refractivity (Wildman–Crippen MR) is 436 cm³/mol. The summed E-state index contributed by atoms with van der Waals surface area (Å²) in [6.07, 6.45) is 86.2. The van der Waals surface area contributed by atoms with Crippen molar-refractivity contribution in [1.82, 2.24) is 0 Å². The lowest BCUT2D eigenvalue weighted by Crippen LogP contribution is -2.45. The first-order valence-corrected chi connectivity index (χ1v) is 47.6. The molecule has 0 amide bonds. The molecule has 0 aromatic carbocycles. The Balaban J connectivity index is 0.000000107. The Labute approximate surface area is 627 Å². The molecule has 0 radical (unpaired) electrons. The van der Waals surface area contributed by atoms with Crippen molar-refractivity contribution in [3.63, 3.8) is 0 Å². The highest BCUT2D eigenvalue weighted by atomic mass is 14.6. The second-order valence-electron chi connectivity index (χ2n) is 46.8. The van der Waals surface area contributed by atoms with E-state index < -0.39 is 0 Å². The average molecular weight is 1380 g/mol. The molecule has 26 saturated carbocycles. The minimum absolute atomic E-state index is 0.647. The van der Waals surface area contributed by atoms with Gasteiger partial charge in [-0.3, -0.25) is 0 Å². The first kappa shape index (κ1) is 79.5. The molecule has 3 spiro atoms. The van der Waals surface area contributed by atoms with Crippen LogP contribution in [0.1, 0.15) is 463 Å². The molecule has 0 heterocycles. The minimum Gasteiger partial charge on any atom is -0.0649 e. The van der Waals surface area contributed by atoms with Crippen LogP contribution in [0.15, 0.2) is 0 Å². The third-order valence-corrected chi connectivity index (χ3v) is 38.9. The van der Waals surface area contributed by atoms with E-state index in [1.54, 1.807) is 161 Å². The van der Waals surface area contributed by atoms with Gasteiger partial charge in [-0.05, 0) is 437 Å². The van der Waals surface area contributed by atoms with Crippen molar-refractivity contribution in [2.75, 3.05) is 0 Å². The Morgan fingerprint density at radius 1 is 0.280 bits per heavy atom. The molecular formula is C100H178. The van der Waals surface area contributed by atoms with Gasteiger partial charge in [-0.1, -0.05) is 194 Å². The highest BCUT2D eigenvalue weighted by molar-refractivity contribution is 5.03. The molecule has 100 heavy (non-hydrogen) atoms. The van der Waals surface area contributed by atoms with Crippen LogP contribution in [0.25, 0.3) is 0 Å². The zero-order valence-electron chi connectivity index (χ0n) is 70.7. The quantitative estimate of drug-likeness (QED) is 0.245. The molecule has 1 unspecified atom stereocenters. The summed E-state index contributed by atoms with van der Waals surface area (Å²) in [6.45, 7) is 36.9. The zero-order chi connectivity index (χ0) is 70.7. The lowest BCUT2D eigenvalue weighted by atomic mass is 9.49.